The van der Waals surface area contributed by atoms with Crippen LogP contribution in [0.4, 0.5) is 0 Å². The summed E-state index contributed by atoms with van der Waals surface area (Å²) in [5.74, 6) is -1.68. The number of aliphatic hydroxyl groups is 1. The molecule has 2 fully saturated rings. The van der Waals surface area contributed by atoms with Gasteiger partial charge in [-0.15, -0.1) is 0 Å². The van der Waals surface area contributed by atoms with Gasteiger partial charge in [0.2, 0.25) is 6.29 Å². The number of aliphatic hydroxyl groups excluding tert-OH is 1. The summed E-state index contributed by atoms with van der Waals surface area (Å²) in [5.41, 5.74) is 0. The lowest BCUT2D eigenvalue weighted by molar-refractivity contribution is -0.279. The minimum absolute atomic E-state index is 0.298. The van der Waals surface area contributed by atoms with Crippen molar-refractivity contribution in [3.63, 3.8) is 0 Å². The van der Waals surface area contributed by atoms with Gasteiger partial charge in [0, 0.05) is 7.05 Å². The predicted molar refractivity (Wildman–Crippen MR) is 64.8 cm³/mol. The molecule has 6 atom stereocenters. The topological polar surface area (TPSA) is 106 Å². The molecule has 0 aromatic rings. The minimum atomic E-state index is -1.32. The van der Waals surface area contributed by atoms with Crippen molar-refractivity contribution < 1.29 is 34.0 Å². The van der Waals surface area contributed by atoms with Crippen molar-refractivity contribution in [1.82, 2.24) is 4.90 Å². The monoisotopic (exact) mass is 289 g/mol. The Balaban J connectivity index is 2.15. The van der Waals surface area contributed by atoms with Gasteiger partial charge < -0.3 is 29.3 Å². The van der Waals surface area contributed by atoms with Gasteiger partial charge in [-0.3, -0.25) is 4.79 Å². The zero-order valence-electron chi connectivity index (χ0n) is 11.6. The summed E-state index contributed by atoms with van der Waals surface area (Å²) in [4.78, 5) is 24.0. The fourth-order valence-corrected chi connectivity index (χ4v) is 2.70. The van der Waals surface area contributed by atoms with E-state index in [1.807, 2.05) is 0 Å². The molecule has 2 rings (SSSR count). The van der Waals surface area contributed by atoms with E-state index in [9.17, 15) is 14.7 Å². The second-order valence-corrected chi connectivity index (χ2v) is 5.11. The molecule has 0 aromatic heterocycles. The van der Waals surface area contributed by atoms with Crippen LogP contribution in [-0.2, 0) is 23.8 Å². The van der Waals surface area contributed by atoms with E-state index in [4.69, 9.17) is 19.3 Å². The summed E-state index contributed by atoms with van der Waals surface area (Å²) in [7, 11) is 1.56. The molecule has 2 N–H and O–H groups in total. The van der Waals surface area contributed by atoms with Crippen molar-refractivity contribution in [2.24, 2.45) is 0 Å². The lowest BCUT2D eigenvalue weighted by Gasteiger charge is -2.50. The fourth-order valence-electron chi connectivity index (χ4n) is 2.70. The van der Waals surface area contributed by atoms with Crippen LogP contribution in [0.1, 0.15) is 13.8 Å². The van der Waals surface area contributed by atoms with Gasteiger partial charge in [-0.1, -0.05) is 0 Å². The molecule has 0 aromatic carbocycles. The summed E-state index contributed by atoms with van der Waals surface area (Å²) in [6, 6.07) is -0.432. The standard InChI is InChI=1S/C12H19NO7/c1-5-8-10(9(16)6(2)19-5)20-12(11(17)13(8)3)18-4-7(14)15/h5-6,8-10,12,16H,4H2,1-3H3,(H,14,15)/t5?,6-,8-,9-,10?,12-/m0/s1. The predicted octanol–water partition coefficient (Wildman–Crippen LogP) is -1.19. The Kier molecular flexibility index (Phi) is 4.28. The van der Waals surface area contributed by atoms with E-state index in [0.717, 1.165) is 0 Å². The number of nitrogens with zero attached hydrogens (tertiary/aromatic N) is 1. The SMILES string of the molecule is CC1O[C@@H](C)[C@H](O)C2O[C@H](OCC(=O)O)C(=O)N(C)[C@@H]12. The van der Waals surface area contributed by atoms with E-state index >= 15 is 0 Å². The normalized spacial score (nSPS) is 41.4. The number of likely N-dealkylation sites (N-methyl/N-ethyl adjacent to an activating group) is 1. The maximum Gasteiger partial charge on any atom is 0.329 e. The number of morpholine rings is 1. The van der Waals surface area contributed by atoms with Crippen LogP contribution >= 0.6 is 0 Å². The number of fused-ring (bicyclic) bond motifs is 1. The molecule has 0 spiro atoms. The number of carbonyl (C=O) groups excluding carboxylic acids is 1. The molecule has 20 heavy (non-hydrogen) atoms. The highest BCUT2D eigenvalue weighted by atomic mass is 16.7. The molecule has 2 saturated heterocycles. The second-order valence-electron chi connectivity index (χ2n) is 5.11. The number of amides is 1. The Bertz CT molecular complexity index is 401. The van der Waals surface area contributed by atoms with Gasteiger partial charge >= 0.3 is 5.97 Å². The van der Waals surface area contributed by atoms with E-state index in [1.165, 1.54) is 4.90 Å². The maximum atomic E-state index is 12.1. The molecule has 0 aliphatic carbocycles. The smallest absolute Gasteiger partial charge is 0.329 e. The van der Waals surface area contributed by atoms with Crippen molar-refractivity contribution in [2.45, 2.75) is 50.6 Å². The summed E-state index contributed by atoms with van der Waals surface area (Å²) in [5, 5.41) is 18.7. The molecule has 2 unspecified atom stereocenters. The molecule has 1 amide bonds. The molecule has 0 radical (unpaired) electrons. The lowest BCUT2D eigenvalue weighted by atomic mass is 9.91. The quantitative estimate of drug-likeness (QED) is 0.672. The van der Waals surface area contributed by atoms with Gasteiger partial charge in [-0.05, 0) is 13.8 Å². The van der Waals surface area contributed by atoms with Crippen molar-refractivity contribution in [2.75, 3.05) is 13.7 Å². The minimum Gasteiger partial charge on any atom is -0.480 e. The number of hydrogen-bond donors (Lipinski definition) is 2. The van der Waals surface area contributed by atoms with Gasteiger partial charge in [0.1, 0.15) is 18.8 Å². The van der Waals surface area contributed by atoms with Crippen LogP contribution in [0.5, 0.6) is 0 Å². The average Bonchev–Trinajstić information content (AvgIpc) is 2.37. The molecule has 8 heteroatoms. The van der Waals surface area contributed by atoms with E-state index in [2.05, 4.69) is 0 Å². The van der Waals surface area contributed by atoms with Gasteiger partial charge in [-0.2, -0.15) is 0 Å². The number of aliphatic carboxylic acids is 1. The lowest BCUT2D eigenvalue weighted by Crippen LogP contribution is -2.69. The maximum absolute atomic E-state index is 12.1. The van der Waals surface area contributed by atoms with E-state index < -0.39 is 49.1 Å². The molecule has 0 bridgehead atoms. The van der Waals surface area contributed by atoms with E-state index in [1.54, 1.807) is 20.9 Å². The Morgan fingerprint density at radius 2 is 2.00 bits per heavy atom. The summed E-state index contributed by atoms with van der Waals surface area (Å²) in [6.07, 6.45) is -3.64. The van der Waals surface area contributed by atoms with Crippen LogP contribution in [0, 0.1) is 0 Å². The Morgan fingerprint density at radius 3 is 2.60 bits per heavy atom. The van der Waals surface area contributed by atoms with Crippen molar-refractivity contribution >= 4 is 11.9 Å². The second kappa shape index (κ2) is 5.65. The van der Waals surface area contributed by atoms with Crippen LogP contribution in [0.25, 0.3) is 0 Å². The third kappa shape index (κ3) is 2.64. The van der Waals surface area contributed by atoms with Crippen molar-refractivity contribution in [3.8, 4) is 0 Å². The summed E-state index contributed by atoms with van der Waals surface area (Å²) >= 11 is 0. The molecular weight excluding hydrogens is 270 g/mol. The highest BCUT2D eigenvalue weighted by molar-refractivity contribution is 5.81. The van der Waals surface area contributed by atoms with Crippen LogP contribution in [0.3, 0.4) is 0 Å². The van der Waals surface area contributed by atoms with Gasteiger partial charge in [0.15, 0.2) is 0 Å². The Morgan fingerprint density at radius 1 is 1.35 bits per heavy atom. The number of ether oxygens (including phenoxy) is 3. The van der Waals surface area contributed by atoms with Gasteiger partial charge in [0.25, 0.3) is 5.91 Å². The molecule has 2 aliphatic heterocycles. The first-order valence-electron chi connectivity index (χ1n) is 6.42. The van der Waals surface area contributed by atoms with Crippen LogP contribution in [0.2, 0.25) is 0 Å². The first-order chi connectivity index (χ1) is 9.32. The molecule has 0 saturated carbocycles. The first kappa shape index (κ1) is 15.2. The molecule has 8 nitrogen and oxygen atoms in total. The highest BCUT2D eigenvalue weighted by Crippen LogP contribution is 2.31. The molecular formula is C12H19NO7. The zero-order valence-corrected chi connectivity index (χ0v) is 11.6. The van der Waals surface area contributed by atoms with Crippen molar-refractivity contribution in [3.05, 3.63) is 0 Å². The van der Waals surface area contributed by atoms with E-state index in [-0.39, 0.29) is 6.10 Å². The fraction of sp³-hybridized carbons (Fsp3) is 0.833. The number of carboxylic acid groups (broad SMARTS) is 1. The Hall–Kier alpha value is -1.22. The number of hydrogen-bond acceptors (Lipinski definition) is 6. The van der Waals surface area contributed by atoms with Crippen LogP contribution < -0.4 is 0 Å². The highest BCUT2D eigenvalue weighted by Gasteiger charge is 2.51. The third-order valence-electron chi connectivity index (χ3n) is 3.70. The Labute approximate surface area is 116 Å². The first-order valence-corrected chi connectivity index (χ1v) is 6.42. The molecule has 2 heterocycles. The molecule has 2 aliphatic rings. The summed E-state index contributed by atoms with van der Waals surface area (Å²) in [6.45, 7) is 2.87. The van der Waals surface area contributed by atoms with E-state index in [0.29, 0.717) is 0 Å². The zero-order chi connectivity index (χ0) is 15.0. The van der Waals surface area contributed by atoms with Gasteiger partial charge in [0.05, 0.1) is 18.2 Å². The third-order valence-corrected chi connectivity index (χ3v) is 3.70. The van der Waals surface area contributed by atoms with Crippen LogP contribution in [-0.4, -0.2) is 77.4 Å². The average molecular weight is 289 g/mol. The van der Waals surface area contributed by atoms with Crippen LogP contribution in [0.15, 0.2) is 0 Å². The number of carboxylic acids is 1. The number of carbonyl (C=O) groups is 2. The van der Waals surface area contributed by atoms with Gasteiger partial charge in [-0.25, -0.2) is 4.79 Å². The largest absolute Gasteiger partial charge is 0.480 e. The van der Waals surface area contributed by atoms with Crippen molar-refractivity contribution in [1.29, 1.82) is 0 Å². The molecule has 114 valence electrons. The summed E-state index contributed by atoms with van der Waals surface area (Å²) < 4.78 is 16.0. The number of rotatable bonds is 3.